The first-order chi connectivity index (χ1) is 7.80. The first kappa shape index (κ1) is 13.5. The van der Waals surface area contributed by atoms with Crippen molar-refractivity contribution in [3.63, 3.8) is 0 Å². The highest BCUT2D eigenvalue weighted by Gasteiger charge is 2.36. The lowest BCUT2D eigenvalue weighted by molar-refractivity contribution is -0.217. The van der Waals surface area contributed by atoms with Gasteiger partial charge in [0, 0.05) is 5.56 Å². The molecule has 1 unspecified atom stereocenters. The number of ether oxygens (including phenoxy) is 1. The summed E-state index contributed by atoms with van der Waals surface area (Å²) in [4.78, 5) is 0. The zero-order valence-electron chi connectivity index (χ0n) is 9.21. The van der Waals surface area contributed by atoms with E-state index in [1.54, 1.807) is 18.2 Å². The van der Waals surface area contributed by atoms with Crippen molar-refractivity contribution in [1.29, 1.82) is 5.41 Å². The number of halogens is 3. The fourth-order valence-corrected chi connectivity index (χ4v) is 1.14. The van der Waals surface area contributed by atoms with Crippen molar-refractivity contribution in [3.05, 3.63) is 35.4 Å². The number of hydrogen-bond acceptors (Lipinski definition) is 2. The molecule has 1 aromatic rings. The molecule has 1 rings (SSSR count). The number of hydrogen-bond donors (Lipinski definition) is 2. The van der Waals surface area contributed by atoms with Crippen LogP contribution in [0.2, 0.25) is 0 Å². The van der Waals surface area contributed by atoms with Crippen LogP contribution in [0, 0.1) is 5.41 Å². The molecule has 0 saturated carbocycles. The van der Waals surface area contributed by atoms with E-state index in [0.717, 1.165) is 6.92 Å². The molecule has 0 amide bonds. The predicted octanol–water partition coefficient (Wildman–Crippen LogP) is 2.44. The lowest BCUT2D eigenvalue weighted by Gasteiger charge is -2.16. The maximum Gasteiger partial charge on any atom is 0.414 e. The highest BCUT2D eigenvalue weighted by Crippen LogP contribution is 2.23. The molecule has 0 saturated heterocycles. The minimum absolute atomic E-state index is 0.129. The van der Waals surface area contributed by atoms with Gasteiger partial charge in [0.1, 0.15) is 5.84 Å². The van der Waals surface area contributed by atoms with Gasteiger partial charge in [0.2, 0.25) is 0 Å². The van der Waals surface area contributed by atoms with Crippen molar-refractivity contribution in [3.8, 4) is 0 Å². The Morgan fingerprint density at radius 2 is 2.12 bits per heavy atom. The predicted molar refractivity (Wildman–Crippen MR) is 57.8 cm³/mol. The van der Waals surface area contributed by atoms with Gasteiger partial charge < -0.3 is 10.5 Å². The smallest absolute Gasteiger partial charge is 0.384 e. The first-order valence-corrected chi connectivity index (χ1v) is 4.92. The summed E-state index contributed by atoms with van der Waals surface area (Å²) in [6, 6.07) is 6.38. The molecule has 17 heavy (non-hydrogen) atoms. The van der Waals surface area contributed by atoms with Crippen LogP contribution in [0.1, 0.15) is 18.1 Å². The van der Waals surface area contributed by atoms with Crippen LogP contribution in [0.15, 0.2) is 24.3 Å². The summed E-state index contributed by atoms with van der Waals surface area (Å²) in [5, 5.41) is 7.20. The van der Waals surface area contributed by atoms with Crippen molar-refractivity contribution < 1.29 is 17.9 Å². The van der Waals surface area contributed by atoms with Gasteiger partial charge in [-0.1, -0.05) is 18.2 Å². The molecule has 3 nitrogen and oxygen atoms in total. The molecule has 0 fully saturated rings. The molecule has 1 atom stereocenters. The van der Waals surface area contributed by atoms with E-state index in [-0.39, 0.29) is 12.4 Å². The summed E-state index contributed by atoms with van der Waals surface area (Å²) in [7, 11) is 0. The summed E-state index contributed by atoms with van der Waals surface area (Å²) in [6.45, 7) is 0.788. The van der Waals surface area contributed by atoms with Gasteiger partial charge in [-0.2, -0.15) is 13.2 Å². The van der Waals surface area contributed by atoms with E-state index >= 15 is 0 Å². The Morgan fingerprint density at radius 3 is 2.65 bits per heavy atom. The van der Waals surface area contributed by atoms with Crippen molar-refractivity contribution in [2.24, 2.45) is 5.73 Å². The molecule has 6 heteroatoms. The van der Waals surface area contributed by atoms with E-state index < -0.39 is 12.3 Å². The van der Waals surface area contributed by atoms with Crippen LogP contribution in [0.4, 0.5) is 13.2 Å². The van der Waals surface area contributed by atoms with Gasteiger partial charge in [-0.25, -0.2) is 0 Å². The number of nitrogens with one attached hydrogen (secondary N) is 1. The van der Waals surface area contributed by atoms with Crippen LogP contribution in [-0.4, -0.2) is 18.1 Å². The Morgan fingerprint density at radius 1 is 1.47 bits per heavy atom. The maximum atomic E-state index is 12.2. The number of nitrogen functional groups attached to an aromatic ring is 1. The molecule has 0 aromatic heterocycles. The largest absolute Gasteiger partial charge is 0.414 e. The Labute approximate surface area is 96.9 Å². The first-order valence-electron chi connectivity index (χ1n) is 4.92. The van der Waals surface area contributed by atoms with Crippen LogP contribution in [0.25, 0.3) is 0 Å². The van der Waals surface area contributed by atoms with Crippen molar-refractivity contribution in [2.45, 2.75) is 25.8 Å². The zero-order valence-corrected chi connectivity index (χ0v) is 9.21. The highest BCUT2D eigenvalue weighted by atomic mass is 19.4. The standard InChI is InChI=1S/C11H13F3N2O/c1-7(11(12,13)14)17-6-8-3-2-4-9(5-8)10(15)16/h2-5,7H,6H2,1H3,(H3,15,16). The quantitative estimate of drug-likeness (QED) is 0.633. The molecule has 3 N–H and O–H groups in total. The lowest BCUT2D eigenvalue weighted by atomic mass is 10.1. The van der Waals surface area contributed by atoms with E-state index in [0.29, 0.717) is 11.1 Å². The summed E-state index contributed by atoms with van der Waals surface area (Å²) < 4.78 is 41.2. The maximum absolute atomic E-state index is 12.2. The van der Waals surface area contributed by atoms with Crippen LogP contribution < -0.4 is 5.73 Å². The molecular formula is C11H13F3N2O. The summed E-state index contributed by atoms with van der Waals surface area (Å²) in [5.74, 6) is -0.129. The normalized spacial score (nSPS) is 13.4. The SMILES string of the molecule is CC(OCc1cccc(C(=N)N)c1)C(F)(F)F. The molecule has 0 radical (unpaired) electrons. The number of nitrogens with two attached hydrogens (primary N) is 1. The van der Waals surface area contributed by atoms with E-state index in [9.17, 15) is 13.2 Å². The molecule has 0 bridgehead atoms. The van der Waals surface area contributed by atoms with E-state index in [4.69, 9.17) is 15.9 Å². The van der Waals surface area contributed by atoms with E-state index in [1.165, 1.54) is 6.07 Å². The van der Waals surface area contributed by atoms with Gasteiger partial charge in [0.15, 0.2) is 6.10 Å². The van der Waals surface area contributed by atoms with E-state index in [1.807, 2.05) is 0 Å². The molecule has 0 aliphatic carbocycles. The fourth-order valence-electron chi connectivity index (χ4n) is 1.14. The number of alkyl halides is 3. The van der Waals surface area contributed by atoms with Gasteiger partial charge in [0.25, 0.3) is 0 Å². The number of benzene rings is 1. The Kier molecular flexibility index (Phi) is 4.11. The van der Waals surface area contributed by atoms with Gasteiger partial charge >= 0.3 is 6.18 Å². The minimum atomic E-state index is -4.36. The Bertz CT molecular complexity index is 404. The molecule has 1 aromatic carbocycles. The molecular weight excluding hydrogens is 233 g/mol. The average molecular weight is 246 g/mol. The monoisotopic (exact) mass is 246 g/mol. The minimum Gasteiger partial charge on any atom is -0.384 e. The second-order valence-corrected chi connectivity index (χ2v) is 3.61. The fraction of sp³-hybridized carbons (Fsp3) is 0.364. The average Bonchev–Trinajstić information content (AvgIpc) is 2.25. The summed E-state index contributed by atoms with van der Waals surface area (Å²) >= 11 is 0. The van der Waals surface area contributed by atoms with Crippen molar-refractivity contribution in [1.82, 2.24) is 0 Å². The van der Waals surface area contributed by atoms with Gasteiger partial charge in [0.05, 0.1) is 6.61 Å². The van der Waals surface area contributed by atoms with Crippen molar-refractivity contribution >= 4 is 5.84 Å². The van der Waals surface area contributed by atoms with Crippen LogP contribution in [0.5, 0.6) is 0 Å². The van der Waals surface area contributed by atoms with Gasteiger partial charge in [-0.3, -0.25) is 5.41 Å². The Hall–Kier alpha value is -1.56. The second kappa shape index (κ2) is 5.18. The van der Waals surface area contributed by atoms with E-state index in [2.05, 4.69) is 0 Å². The third-order valence-electron chi connectivity index (χ3n) is 2.20. The van der Waals surface area contributed by atoms with Gasteiger partial charge in [-0.15, -0.1) is 0 Å². The van der Waals surface area contributed by atoms with Crippen molar-refractivity contribution in [2.75, 3.05) is 0 Å². The summed E-state index contributed by atoms with van der Waals surface area (Å²) in [6.07, 6.45) is -6.18. The molecule has 0 aliphatic rings. The molecule has 94 valence electrons. The summed E-state index contributed by atoms with van der Waals surface area (Å²) in [5.41, 5.74) is 6.28. The Balaban J connectivity index is 2.64. The third-order valence-corrected chi connectivity index (χ3v) is 2.20. The van der Waals surface area contributed by atoms with Crippen LogP contribution in [0.3, 0.4) is 0 Å². The number of rotatable bonds is 4. The molecule has 0 heterocycles. The molecule has 0 spiro atoms. The zero-order chi connectivity index (χ0) is 13.1. The van der Waals surface area contributed by atoms with Crippen LogP contribution in [-0.2, 0) is 11.3 Å². The van der Waals surface area contributed by atoms with Gasteiger partial charge in [-0.05, 0) is 18.6 Å². The lowest BCUT2D eigenvalue weighted by Crippen LogP contribution is -2.28. The number of amidine groups is 1. The highest BCUT2D eigenvalue weighted by molar-refractivity contribution is 5.95. The topological polar surface area (TPSA) is 59.1 Å². The second-order valence-electron chi connectivity index (χ2n) is 3.61. The molecule has 0 aliphatic heterocycles. The third kappa shape index (κ3) is 4.07. The van der Waals surface area contributed by atoms with Crippen LogP contribution >= 0.6 is 0 Å².